The Morgan fingerprint density at radius 2 is 2.33 bits per heavy atom. The number of likely N-dealkylation sites (N-methyl/N-ethyl adjacent to an activating group) is 1. The SMILES string of the molecule is Cc1ncsc1CN1C[C@@H](F)C[C@H]1CN(C)CC(C#N)CCC#N. The molecule has 2 rings (SSSR count). The van der Waals surface area contributed by atoms with Crippen LogP contribution in [0, 0.1) is 35.5 Å². The van der Waals surface area contributed by atoms with Gasteiger partial charge in [-0.3, -0.25) is 4.90 Å². The molecule has 130 valence electrons. The lowest BCUT2D eigenvalue weighted by atomic mass is 10.0. The quantitative estimate of drug-likeness (QED) is 0.722. The molecule has 1 aliphatic heterocycles. The van der Waals surface area contributed by atoms with E-state index in [0.29, 0.717) is 32.4 Å². The first-order valence-corrected chi connectivity index (χ1v) is 9.13. The van der Waals surface area contributed by atoms with Crippen molar-refractivity contribution in [2.45, 2.75) is 44.9 Å². The minimum Gasteiger partial charge on any atom is -0.304 e. The van der Waals surface area contributed by atoms with E-state index in [1.54, 1.807) is 11.3 Å². The molecule has 3 atom stereocenters. The average molecular weight is 349 g/mol. The minimum atomic E-state index is -0.790. The molecule has 1 fully saturated rings. The van der Waals surface area contributed by atoms with E-state index in [-0.39, 0.29) is 12.0 Å². The van der Waals surface area contributed by atoms with Gasteiger partial charge >= 0.3 is 0 Å². The minimum absolute atomic E-state index is 0.144. The molecular formula is C17H24FN5S. The largest absolute Gasteiger partial charge is 0.304 e. The molecule has 2 heterocycles. The second-order valence-electron chi connectivity index (χ2n) is 6.52. The second-order valence-corrected chi connectivity index (χ2v) is 7.46. The first kappa shape index (κ1) is 18.8. The Morgan fingerprint density at radius 1 is 1.54 bits per heavy atom. The summed E-state index contributed by atoms with van der Waals surface area (Å²) in [6.45, 7) is 4.56. The molecule has 0 amide bonds. The molecule has 0 bridgehead atoms. The zero-order valence-electron chi connectivity index (χ0n) is 14.3. The van der Waals surface area contributed by atoms with Crippen molar-refractivity contribution < 1.29 is 4.39 Å². The maximum absolute atomic E-state index is 13.9. The van der Waals surface area contributed by atoms with Crippen LogP contribution in [-0.4, -0.2) is 53.7 Å². The van der Waals surface area contributed by atoms with E-state index in [4.69, 9.17) is 5.26 Å². The van der Waals surface area contributed by atoms with Crippen LogP contribution < -0.4 is 0 Å². The summed E-state index contributed by atoms with van der Waals surface area (Å²) in [5, 5.41) is 17.9. The van der Waals surface area contributed by atoms with Crippen LogP contribution in [0.1, 0.15) is 29.8 Å². The Labute approximate surface area is 147 Å². The molecule has 1 aromatic heterocycles. The van der Waals surface area contributed by atoms with E-state index >= 15 is 0 Å². The highest BCUT2D eigenvalue weighted by Crippen LogP contribution is 2.25. The van der Waals surface area contributed by atoms with E-state index in [1.165, 1.54) is 4.88 Å². The number of hydrogen-bond acceptors (Lipinski definition) is 6. The van der Waals surface area contributed by atoms with Crippen molar-refractivity contribution in [3.05, 3.63) is 16.1 Å². The van der Waals surface area contributed by atoms with Gasteiger partial charge in [-0.1, -0.05) is 0 Å². The first-order valence-electron chi connectivity index (χ1n) is 8.25. The van der Waals surface area contributed by atoms with Gasteiger partial charge < -0.3 is 4.90 Å². The predicted molar refractivity (Wildman–Crippen MR) is 92.0 cm³/mol. The molecule has 0 radical (unpaired) electrons. The van der Waals surface area contributed by atoms with E-state index in [1.807, 2.05) is 19.5 Å². The van der Waals surface area contributed by atoms with Crippen LogP contribution in [0.25, 0.3) is 0 Å². The maximum Gasteiger partial charge on any atom is 0.114 e. The Bertz CT molecular complexity index is 605. The number of aryl methyl sites for hydroxylation is 1. The van der Waals surface area contributed by atoms with Crippen molar-refractivity contribution in [3.8, 4) is 12.1 Å². The lowest BCUT2D eigenvalue weighted by molar-refractivity contribution is 0.177. The summed E-state index contributed by atoms with van der Waals surface area (Å²) < 4.78 is 13.9. The number of likely N-dealkylation sites (tertiary alicyclic amines) is 1. The first-order chi connectivity index (χ1) is 11.5. The average Bonchev–Trinajstić information content (AvgIpc) is 3.10. The van der Waals surface area contributed by atoms with Crippen LogP contribution in [0.4, 0.5) is 4.39 Å². The molecule has 1 aromatic rings. The normalized spacial score (nSPS) is 22.4. The molecule has 7 heteroatoms. The Morgan fingerprint density at radius 3 is 2.96 bits per heavy atom. The summed E-state index contributed by atoms with van der Waals surface area (Å²) >= 11 is 1.62. The number of hydrogen-bond donors (Lipinski definition) is 0. The van der Waals surface area contributed by atoms with Crippen molar-refractivity contribution in [2.24, 2.45) is 5.92 Å². The standard InChI is InChI=1S/C17H24FN5S/c1-13-17(24-12-21-13)11-23-9-15(18)6-16(23)10-22(2)8-14(7-20)4-3-5-19/h12,14-16H,3-4,6,8-11H2,1-2H3/t14?,15-,16-/m0/s1. The number of halogens is 1. The van der Waals surface area contributed by atoms with Crippen LogP contribution >= 0.6 is 11.3 Å². The third-order valence-corrected chi connectivity index (χ3v) is 5.43. The Balaban J connectivity index is 1.90. The van der Waals surface area contributed by atoms with Crippen molar-refractivity contribution in [1.82, 2.24) is 14.8 Å². The van der Waals surface area contributed by atoms with Gasteiger partial charge in [0.2, 0.25) is 0 Å². The van der Waals surface area contributed by atoms with Crippen LogP contribution in [0.2, 0.25) is 0 Å². The number of alkyl halides is 1. The summed E-state index contributed by atoms with van der Waals surface area (Å²) in [5.74, 6) is -0.144. The van der Waals surface area contributed by atoms with Gasteiger partial charge in [0.15, 0.2) is 0 Å². The van der Waals surface area contributed by atoms with Gasteiger partial charge in [0, 0.05) is 43.5 Å². The van der Waals surface area contributed by atoms with Gasteiger partial charge in [0.25, 0.3) is 0 Å². The van der Waals surface area contributed by atoms with Gasteiger partial charge in [0.1, 0.15) is 6.17 Å². The highest BCUT2D eigenvalue weighted by Gasteiger charge is 2.33. The molecule has 0 spiro atoms. The molecule has 0 aromatic carbocycles. The van der Waals surface area contributed by atoms with Gasteiger partial charge in [-0.15, -0.1) is 11.3 Å². The molecule has 0 saturated carbocycles. The molecule has 1 unspecified atom stereocenters. The van der Waals surface area contributed by atoms with Crippen LogP contribution in [0.3, 0.4) is 0 Å². The van der Waals surface area contributed by atoms with Gasteiger partial charge in [-0.2, -0.15) is 10.5 Å². The third-order valence-electron chi connectivity index (χ3n) is 4.51. The zero-order valence-corrected chi connectivity index (χ0v) is 15.1. The molecule has 0 N–H and O–H groups in total. The summed E-state index contributed by atoms with van der Waals surface area (Å²) in [6, 6.07) is 4.51. The van der Waals surface area contributed by atoms with Gasteiger partial charge in [-0.05, 0) is 26.8 Å². The number of aromatic nitrogens is 1. The number of thiazole rings is 1. The highest BCUT2D eigenvalue weighted by molar-refractivity contribution is 7.09. The molecule has 24 heavy (non-hydrogen) atoms. The fourth-order valence-corrected chi connectivity index (χ4v) is 4.02. The summed E-state index contributed by atoms with van der Waals surface area (Å²) in [7, 11) is 1.97. The number of nitriles is 2. The monoisotopic (exact) mass is 349 g/mol. The van der Waals surface area contributed by atoms with Crippen LogP contribution in [0.5, 0.6) is 0 Å². The third kappa shape index (κ3) is 5.24. The summed E-state index contributed by atoms with van der Waals surface area (Å²) in [4.78, 5) is 9.75. The molecule has 0 aliphatic carbocycles. The maximum atomic E-state index is 13.9. The molecular weight excluding hydrogens is 325 g/mol. The fourth-order valence-electron chi connectivity index (χ4n) is 3.21. The van der Waals surface area contributed by atoms with Gasteiger partial charge in [-0.25, -0.2) is 9.37 Å². The van der Waals surface area contributed by atoms with Crippen molar-refractivity contribution >= 4 is 11.3 Å². The van der Waals surface area contributed by atoms with Crippen molar-refractivity contribution in [3.63, 3.8) is 0 Å². The second kappa shape index (κ2) is 9.08. The zero-order chi connectivity index (χ0) is 17.5. The van der Waals surface area contributed by atoms with E-state index in [9.17, 15) is 9.65 Å². The number of rotatable bonds is 8. The van der Waals surface area contributed by atoms with Crippen molar-refractivity contribution in [2.75, 3.05) is 26.7 Å². The smallest absolute Gasteiger partial charge is 0.114 e. The van der Waals surface area contributed by atoms with Crippen LogP contribution in [-0.2, 0) is 6.54 Å². The van der Waals surface area contributed by atoms with Gasteiger partial charge in [0.05, 0.1) is 29.3 Å². The van der Waals surface area contributed by atoms with E-state index in [0.717, 1.165) is 18.8 Å². The lowest BCUT2D eigenvalue weighted by Gasteiger charge is -2.29. The summed E-state index contributed by atoms with van der Waals surface area (Å²) in [6.07, 6.45) is 0.746. The highest BCUT2D eigenvalue weighted by atomic mass is 32.1. The molecule has 5 nitrogen and oxygen atoms in total. The van der Waals surface area contributed by atoms with E-state index in [2.05, 4.69) is 26.9 Å². The number of nitrogens with zero attached hydrogens (tertiary/aromatic N) is 5. The van der Waals surface area contributed by atoms with Crippen LogP contribution in [0.15, 0.2) is 5.51 Å². The topological polar surface area (TPSA) is 67.0 Å². The molecule has 1 aliphatic rings. The Kier molecular flexibility index (Phi) is 7.11. The summed E-state index contributed by atoms with van der Waals surface area (Å²) in [5.41, 5.74) is 2.86. The van der Waals surface area contributed by atoms with Crippen molar-refractivity contribution in [1.29, 1.82) is 10.5 Å². The van der Waals surface area contributed by atoms with E-state index < -0.39 is 6.17 Å². The lowest BCUT2D eigenvalue weighted by Crippen LogP contribution is -2.40. The predicted octanol–water partition coefficient (Wildman–Crippen LogP) is 2.74. The molecule has 1 saturated heterocycles. The fraction of sp³-hybridized carbons (Fsp3) is 0.706. The Hall–Kier alpha value is -1.54.